The van der Waals surface area contributed by atoms with Gasteiger partial charge in [-0.3, -0.25) is 14.5 Å². The van der Waals surface area contributed by atoms with Crippen LogP contribution < -0.4 is 14.4 Å². The van der Waals surface area contributed by atoms with E-state index < -0.39 is 29.3 Å². The number of nitrogens with zero attached hydrogens (tertiary/aromatic N) is 1. The number of anilines is 1. The first-order chi connectivity index (χ1) is 15.9. The van der Waals surface area contributed by atoms with Crippen LogP contribution >= 0.6 is 11.6 Å². The second kappa shape index (κ2) is 8.96. The quantitative estimate of drug-likeness (QED) is 0.320. The number of rotatable bonds is 5. The molecule has 6 nitrogen and oxygen atoms in total. The van der Waals surface area contributed by atoms with Gasteiger partial charge in [-0.1, -0.05) is 35.9 Å². The summed E-state index contributed by atoms with van der Waals surface area (Å²) in [7, 11) is 2.85. The third-order valence-electron chi connectivity index (χ3n) is 5.39. The fourth-order valence-electron chi connectivity index (χ4n) is 3.86. The molecule has 4 rings (SSSR count). The van der Waals surface area contributed by atoms with Gasteiger partial charge >= 0.3 is 0 Å². The zero-order chi connectivity index (χ0) is 23.7. The fourth-order valence-corrected chi connectivity index (χ4v) is 4.04. The number of Topliss-reactive ketones (excluding diaryl/α,β-unsaturated/α-hetero) is 1. The molecule has 1 unspecified atom stereocenters. The Morgan fingerprint density at radius 1 is 1.00 bits per heavy atom. The number of hydrogen-bond donors (Lipinski definition) is 1. The van der Waals surface area contributed by atoms with E-state index >= 15 is 0 Å². The molecule has 8 heteroatoms. The minimum absolute atomic E-state index is 0.0417. The number of amides is 1. The molecule has 3 aromatic rings. The molecule has 1 heterocycles. The number of ether oxygens (including phenoxy) is 2. The van der Waals surface area contributed by atoms with Crippen LogP contribution in [0.2, 0.25) is 5.02 Å². The molecule has 0 bridgehead atoms. The van der Waals surface area contributed by atoms with Gasteiger partial charge in [0.15, 0.2) is 0 Å². The summed E-state index contributed by atoms with van der Waals surface area (Å²) in [5, 5.41) is 11.6. The molecule has 1 saturated heterocycles. The molecule has 1 aliphatic heterocycles. The van der Waals surface area contributed by atoms with E-state index in [1.807, 2.05) is 0 Å². The van der Waals surface area contributed by atoms with E-state index in [0.717, 1.165) is 4.90 Å². The van der Waals surface area contributed by atoms with Gasteiger partial charge in [-0.05, 0) is 42.5 Å². The van der Waals surface area contributed by atoms with Gasteiger partial charge in [0.05, 0.1) is 31.4 Å². The number of aliphatic hydroxyl groups excluding tert-OH is 1. The smallest absolute Gasteiger partial charge is 0.300 e. The van der Waals surface area contributed by atoms with Crippen LogP contribution in [-0.4, -0.2) is 31.0 Å². The zero-order valence-corrected chi connectivity index (χ0v) is 18.5. The van der Waals surface area contributed by atoms with Crippen molar-refractivity contribution >= 4 is 34.7 Å². The summed E-state index contributed by atoms with van der Waals surface area (Å²) in [5.41, 5.74) is 0.175. The van der Waals surface area contributed by atoms with Gasteiger partial charge in [0.25, 0.3) is 11.7 Å². The molecule has 1 amide bonds. The average Bonchev–Trinajstić information content (AvgIpc) is 3.08. The van der Waals surface area contributed by atoms with Gasteiger partial charge in [0.1, 0.15) is 23.1 Å². The lowest BCUT2D eigenvalue weighted by Crippen LogP contribution is -2.29. The molecular formula is C25H19ClFNO5. The summed E-state index contributed by atoms with van der Waals surface area (Å²) >= 11 is 6.11. The van der Waals surface area contributed by atoms with Crippen LogP contribution in [-0.2, 0) is 9.59 Å². The first kappa shape index (κ1) is 22.4. The van der Waals surface area contributed by atoms with Gasteiger partial charge in [-0.25, -0.2) is 4.39 Å². The van der Waals surface area contributed by atoms with Crippen LogP contribution in [0.3, 0.4) is 0 Å². The lowest BCUT2D eigenvalue weighted by atomic mass is 9.94. The van der Waals surface area contributed by atoms with Crippen LogP contribution in [0.25, 0.3) is 5.76 Å². The first-order valence-corrected chi connectivity index (χ1v) is 10.3. The van der Waals surface area contributed by atoms with E-state index in [-0.39, 0.29) is 28.1 Å². The molecule has 0 radical (unpaired) electrons. The molecule has 1 fully saturated rings. The largest absolute Gasteiger partial charge is 0.507 e. The Hall–Kier alpha value is -3.84. The first-order valence-electron chi connectivity index (χ1n) is 9.90. The monoisotopic (exact) mass is 467 g/mol. The van der Waals surface area contributed by atoms with Crippen molar-refractivity contribution in [3.8, 4) is 11.5 Å². The molecule has 168 valence electrons. The van der Waals surface area contributed by atoms with Crippen molar-refractivity contribution in [2.75, 3.05) is 19.1 Å². The maximum absolute atomic E-state index is 14.9. The topological polar surface area (TPSA) is 76.1 Å². The number of carbonyl (C=O) groups excluding carboxylic acids is 2. The van der Waals surface area contributed by atoms with Crippen molar-refractivity contribution in [2.45, 2.75) is 6.04 Å². The molecule has 0 aromatic heterocycles. The van der Waals surface area contributed by atoms with Crippen molar-refractivity contribution in [2.24, 2.45) is 0 Å². The summed E-state index contributed by atoms with van der Waals surface area (Å²) < 4.78 is 25.5. The Bertz CT molecular complexity index is 1290. The van der Waals surface area contributed by atoms with E-state index in [1.54, 1.807) is 36.4 Å². The number of methoxy groups -OCH3 is 2. The van der Waals surface area contributed by atoms with Gasteiger partial charge < -0.3 is 14.6 Å². The molecular weight excluding hydrogens is 449 g/mol. The van der Waals surface area contributed by atoms with Crippen molar-refractivity contribution in [3.05, 3.63) is 94.3 Å². The van der Waals surface area contributed by atoms with E-state index in [0.29, 0.717) is 10.8 Å². The predicted molar refractivity (Wildman–Crippen MR) is 122 cm³/mol. The number of carbonyl (C=O) groups is 2. The molecule has 3 aromatic carbocycles. The lowest BCUT2D eigenvalue weighted by Gasteiger charge is -2.26. The van der Waals surface area contributed by atoms with Gasteiger partial charge in [0.2, 0.25) is 0 Å². The third kappa shape index (κ3) is 3.91. The lowest BCUT2D eigenvalue weighted by molar-refractivity contribution is -0.132. The number of ketones is 1. The summed E-state index contributed by atoms with van der Waals surface area (Å²) in [6, 6.07) is 15.5. The minimum atomic E-state index is -1.24. The van der Waals surface area contributed by atoms with Crippen LogP contribution in [0.5, 0.6) is 11.5 Å². The zero-order valence-electron chi connectivity index (χ0n) is 17.7. The Kier molecular flexibility index (Phi) is 6.07. The van der Waals surface area contributed by atoms with Crippen LogP contribution in [0, 0.1) is 5.82 Å². The number of aliphatic hydroxyl groups is 1. The van der Waals surface area contributed by atoms with Gasteiger partial charge in [-0.2, -0.15) is 0 Å². The third-order valence-corrected chi connectivity index (χ3v) is 5.63. The summed E-state index contributed by atoms with van der Waals surface area (Å²) in [4.78, 5) is 27.5. The predicted octanol–water partition coefficient (Wildman–Crippen LogP) is 5.12. The molecule has 1 atom stereocenters. The maximum atomic E-state index is 14.9. The fraction of sp³-hybridized carbons (Fsp3) is 0.120. The molecule has 1 aliphatic rings. The molecule has 0 aliphatic carbocycles. The highest BCUT2D eigenvalue weighted by molar-refractivity contribution is 6.51. The van der Waals surface area contributed by atoms with Gasteiger partial charge in [0, 0.05) is 16.3 Å². The highest BCUT2D eigenvalue weighted by Gasteiger charge is 2.48. The molecule has 1 N–H and O–H groups in total. The Morgan fingerprint density at radius 2 is 1.76 bits per heavy atom. The van der Waals surface area contributed by atoms with Crippen LogP contribution in [0.1, 0.15) is 17.2 Å². The van der Waals surface area contributed by atoms with Crippen LogP contribution in [0.15, 0.2) is 72.3 Å². The van der Waals surface area contributed by atoms with Crippen molar-refractivity contribution in [1.82, 2.24) is 0 Å². The highest BCUT2D eigenvalue weighted by atomic mass is 35.5. The highest BCUT2D eigenvalue weighted by Crippen LogP contribution is 2.44. The molecule has 0 spiro atoms. The summed E-state index contributed by atoms with van der Waals surface area (Å²) in [6.07, 6.45) is 0. The van der Waals surface area contributed by atoms with Crippen molar-refractivity contribution in [3.63, 3.8) is 0 Å². The Labute approximate surface area is 194 Å². The normalized spacial score (nSPS) is 17.3. The minimum Gasteiger partial charge on any atom is -0.507 e. The van der Waals surface area contributed by atoms with Crippen molar-refractivity contribution in [1.29, 1.82) is 0 Å². The van der Waals surface area contributed by atoms with E-state index in [9.17, 15) is 19.1 Å². The summed E-state index contributed by atoms with van der Waals surface area (Å²) in [5.74, 6) is -2.40. The SMILES string of the molecule is COc1ccc(OC)c(/C(O)=C2\C(=O)C(=O)N(c3cccc(Cl)c3)C2c2ccccc2F)c1. The van der Waals surface area contributed by atoms with Gasteiger partial charge in [-0.15, -0.1) is 0 Å². The average molecular weight is 468 g/mol. The Balaban J connectivity index is 2.02. The van der Waals surface area contributed by atoms with Crippen molar-refractivity contribution < 1.29 is 28.6 Å². The maximum Gasteiger partial charge on any atom is 0.300 e. The van der Waals surface area contributed by atoms with E-state index in [1.165, 1.54) is 44.6 Å². The van der Waals surface area contributed by atoms with E-state index in [2.05, 4.69) is 0 Å². The van der Waals surface area contributed by atoms with Crippen LogP contribution in [0.4, 0.5) is 10.1 Å². The van der Waals surface area contributed by atoms with E-state index in [4.69, 9.17) is 21.1 Å². The second-order valence-corrected chi connectivity index (χ2v) is 7.67. The standard InChI is InChI=1S/C25H19ClFNO5/c1-32-16-10-11-20(33-2)18(13-16)23(29)21-22(17-8-3-4-9-19(17)27)28(25(31)24(21)30)15-7-5-6-14(26)12-15/h3-13,22,29H,1-2H3/b23-21+. The number of hydrogen-bond acceptors (Lipinski definition) is 5. The number of benzene rings is 3. The molecule has 0 saturated carbocycles. The summed E-state index contributed by atoms with van der Waals surface area (Å²) in [6.45, 7) is 0. The second-order valence-electron chi connectivity index (χ2n) is 7.24. The number of halogens is 2. The molecule has 33 heavy (non-hydrogen) atoms. The Morgan fingerprint density at radius 3 is 2.42 bits per heavy atom.